The van der Waals surface area contributed by atoms with Crippen molar-refractivity contribution >= 4 is 5.91 Å². The molecule has 1 atom stereocenters. The van der Waals surface area contributed by atoms with Crippen LogP contribution in [0, 0.1) is 11.8 Å². The number of carbonyl (C=O) groups excluding carboxylic acids is 1. The van der Waals surface area contributed by atoms with E-state index in [4.69, 9.17) is 9.84 Å². The molecule has 5 heteroatoms. The summed E-state index contributed by atoms with van der Waals surface area (Å²) in [5, 5.41) is 11.6. The van der Waals surface area contributed by atoms with Crippen LogP contribution in [0.15, 0.2) is 18.2 Å². The molecule has 5 nitrogen and oxygen atoms in total. The molecule has 1 heterocycles. The van der Waals surface area contributed by atoms with Crippen molar-refractivity contribution in [1.82, 2.24) is 10.2 Å². The van der Waals surface area contributed by atoms with Crippen LogP contribution >= 0.6 is 0 Å². The molecule has 2 N–H and O–H groups in total. The van der Waals surface area contributed by atoms with Crippen LogP contribution in [0.3, 0.4) is 0 Å². The van der Waals surface area contributed by atoms with E-state index in [-0.39, 0.29) is 18.6 Å². The van der Waals surface area contributed by atoms with Gasteiger partial charge in [-0.05, 0) is 25.1 Å². The van der Waals surface area contributed by atoms with Gasteiger partial charge in [0.1, 0.15) is 12.4 Å². The quantitative estimate of drug-likeness (QED) is 0.788. The molecule has 21 heavy (non-hydrogen) atoms. The minimum atomic E-state index is -0.162. The van der Waals surface area contributed by atoms with E-state index in [0.29, 0.717) is 13.1 Å². The summed E-state index contributed by atoms with van der Waals surface area (Å²) in [6.07, 6.45) is 0. The van der Waals surface area contributed by atoms with Gasteiger partial charge >= 0.3 is 0 Å². The number of nitrogens with one attached hydrogen (secondary N) is 1. The van der Waals surface area contributed by atoms with Gasteiger partial charge in [0.15, 0.2) is 0 Å². The second-order valence-electron chi connectivity index (χ2n) is 4.92. The number of piperazine rings is 1. The Hall–Kier alpha value is -2.03. The first-order chi connectivity index (χ1) is 10.2. The topological polar surface area (TPSA) is 61.8 Å². The van der Waals surface area contributed by atoms with Crippen molar-refractivity contribution in [3.63, 3.8) is 0 Å². The first-order valence-corrected chi connectivity index (χ1v) is 6.94. The number of aliphatic hydroxyl groups excluding tert-OH is 1. The average molecular weight is 288 g/mol. The molecule has 1 aromatic rings. The summed E-state index contributed by atoms with van der Waals surface area (Å²) in [5.41, 5.74) is 1.82. The second kappa shape index (κ2) is 7.11. The molecule has 0 saturated carbocycles. The molecule has 112 valence electrons. The number of nitrogens with zero attached hydrogens (tertiary/aromatic N) is 1. The van der Waals surface area contributed by atoms with Crippen molar-refractivity contribution in [3.8, 4) is 17.6 Å². The monoisotopic (exact) mass is 288 g/mol. The summed E-state index contributed by atoms with van der Waals surface area (Å²) in [6, 6.07) is 5.51. The number of hydrogen-bond acceptors (Lipinski definition) is 4. The second-order valence-corrected chi connectivity index (χ2v) is 4.92. The summed E-state index contributed by atoms with van der Waals surface area (Å²) < 4.78 is 5.38. The summed E-state index contributed by atoms with van der Waals surface area (Å²) >= 11 is 0. The summed E-state index contributed by atoms with van der Waals surface area (Å²) in [7, 11) is 1.63. The highest BCUT2D eigenvalue weighted by atomic mass is 16.5. The Bertz CT molecular complexity index is 575. The molecule has 1 aliphatic rings. The molecule has 0 radical (unpaired) electrons. The number of rotatable bonds is 3. The van der Waals surface area contributed by atoms with Crippen molar-refractivity contribution in [2.24, 2.45) is 0 Å². The maximum Gasteiger partial charge on any atom is 0.237 e. The minimum Gasteiger partial charge on any atom is -0.496 e. The molecule has 1 unspecified atom stereocenters. The predicted octanol–water partition coefficient (Wildman–Crippen LogP) is 0.359. The summed E-state index contributed by atoms with van der Waals surface area (Å²) in [6.45, 7) is 3.84. The highest BCUT2D eigenvalue weighted by Gasteiger charge is 2.25. The fourth-order valence-electron chi connectivity index (χ4n) is 2.39. The van der Waals surface area contributed by atoms with Crippen LogP contribution in [0.5, 0.6) is 5.75 Å². The largest absolute Gasteiger partial charge is 0.496 e. The minimum absolute atomic E-state index is 0.0523. The lowest BCUT2D eigenvalue weighted by Crippen LogP contribution is -2.53. The van der Waals surface area contributed by atoms with Crippen molar-refractivity contribution in [1.29, 1.82) is 0 Å². The molecule has 0 bridgehead atoms. The van der Waals surface area contributed by atoms with E-state index in [2.05, 4.69) is 22.1 Å². The first kappa shape index (κ1) is 15.4. The molecule has 1 saturated heterocycles. The lowest BCUT2D eigenvalue weighted by atomic mass is 10.1. The van der Waals surface area contributed by atoms with E-state index in [9.17, 15) is 4.79 Å². The van der Waals surface area contributed by atoms with E-state index in [1.807, 2.05) is 25.1 Å². The third kappa shape index (κ3) is 3.75. The molecule has 0 aromatic heterocycles. The van der Waals surface area contributed by atoms with Gasteiger partial charge in [-0.15, -0.1) is 0 Å². The zero-order chi connectivity index (χ0) is 15.2. The molecule has 1 aliphatic heterocycles. The Balaban J connectivity index is 2.22. The molecule has 1 aromatic carbocycles. The molecule has 1 amide bonds. The molecule has 0 spiro atoms. The average Bonchev–Trinajstić information content (AvgIpc) is 2.50. The SMILES string of the molecule is COc1ccc(C#CCO)cc1CN1CCNC(=O)C1C. The Kier molecular flexibility index (Phi) is 5.20. The Morgan fingerprint density at radius 2 is 2.33 bits per heavy atom. The van der Waals surface area contributed by atoms with Gasteiger partial charge < -0.3 is 15.2 Å². The van der Waals surface area contributed by atoms with Crippen LogP contribution in [0.1, 0.15) is 18.1 Å². The lowest BCUT2D eigenvalue weighted by molar-refractivity contribution is -0.128. The van der Waals surface area contributed by atoms with Crippen LogP contribution in [0.4, 0.5) is 0 Å². The van der Waals surface area contributed by atoms with Crippen molar-refractivity contribution in [3.05, 3.63) is 29.3 Å². The number of carbonyl (C=O) groups is 1. The Morgan fingerprint density at radius 1 is 1.52 bits per heavy atom. The van der Waals surface area contributed by atoms with Crippen LogP contribution in [-0.4, -0.2) is 48.8 Å². The number of ether oxygens (including phenoxy) is 1. The number of methoxy groups -OCH3 is 1. The van der Waals surface area contributed by atoms with Gasteiger partial charge in [0.2, 0.25) is 5.91 Å². The zero-order valence-electron chi connectivity index (χ0n) is 12.3. The van der Waals surface area contributed by atoms with E-state index in [1.54, 1.807) is 7.11 Å². The Labute approximate surface area is 124 Å². The zero-order valence-corrected chi connectivity index (χ0v) is 12.3. The van der Waals surface area contributed by atoms with Crippen LogP contribution < -0.4 is 10.1 Å². The third-order valence-electron chi connectivity index (χ3n) is 3.59. The number of benzene rings is 1. The third-order valence-corrected chi connectivity index (χ3v) is 3.59. The van der Waals surface area contributed by atoms with Gasteiger partial charge in [-0.1, -0.05) is 11.8 Å². The van der Waals surface area contributed by atoms with Crippen LogP contribution in [0.25, 0.3) is 0 Å². The van der Waals surface area contributed by atoms with Crippen molar-refractivity contribution in [2.45, 2.75) is 19.5 Å². The van der Waals surface area contributed by atoms with Gasteiger partial charge in [-0.3, -0.25) is 9.69 Å². The summed E-state index contributed by atoms with van der Waals surface area (Å²) in [5.74, 6) is 6.36. The van der Waals surface area contributed by atoms with E-state index >= 15 is 0 Å². The van der Waals surface area contributed by atoms with Gasteiger partial charge in [0, 0.05) is 30.8 Å². The van der Waals surface area contributed by atoms with Crippen molar-refractivity contribution < 1.29 is 14.6 Å². The van der Waals surface area contributed by atoms with Gasteiger partial charge in [0.05, 0.1) is 13.2 Å². The first-order valence-electron chi connectivity index (χ1n) is 6.94. The fourth-order valence-corrected chi connectivity index (χ4v) is 2.39. The van der Waals surface area contributed by atoms with Crippen molar-refractivity contribution in [2.75, 3.05) is 26.8 Å². The van der Waals surface area contributed by atoms with Gasteiger partial charge in [-0.2, -0.15) is 0 Å². The molecule has 0 aliphatic carbocycles. The standard InChI is InChI=1S/C16H20N2O3/c1-12-16(20)17-7-8-18(12)11-14-10-13(4-3-9-19)5-6-15(14)21-2/h5-6,10,12,19H,7-9,11H2,1-2H3,(H,17,20). The predicted molar refractivity (Wildman–Crippen MR) is 79.8 cm³/mol. The molecular formula is C16H20N2O3. The van der Waals surface area contributed by atoms with E-state index in [0.717, 1.165) is 23.4 Å². The van der Waals surface area contributed by atoms with E-state index in [1.165, 1.54) is 0 Å². The lowest BCUT2D eigenvalue weighted by Gasteiger charge is -2.33. The molecule has 2 rings (SSSR count). The van der Waals surface area contributed by atoms with Gasteiger partial charge in [0.25, 0.3) is 0 Å². The number of amides is 1. The van der Waals surface area contributed by atoms with Gasteiger partial charge in [-0.25, -0.2) is 0 Å². The highest BCUT2D eigenvalue weighted by molar-refractivity contribution is 5.82. The maximum absolute atomic E-state index is 11.7. The molecule has 1 fully saturated rings. The smallest absolute Gasteiger partial charge is 0.237 e. The van der Waals surface area contributed by atoms with Crippen LogP contribution in [0.2, 0.25) is 0 Å². The maximum atomic E-state index is 11.7. The number of aliphatic hydroxyl groups is 1. The molecular weight excluding hydrogens is 268 g/mol. The fraction of sp³-hybridized carbons (Fsp3) is 0.438. The van der Waals surface area contributed by atoms with E-state index < -0.39 is 0 Å². The highest BCUT2D eigenvalue weighted by Crippen LogP contribution is 2.22. The number of hydrogen-bond donors (Lipinski definition) is 2. The Morgan fingerprint density at radius 3 is 3.05 bits per heavy atom. The van der Waals surface area contributed by atoms with Crippen LogP contribution in [-0.2, 0) is 11.3 Å². The summed E-state index contributed by atoms with van der Waals surface area (Å²) in [4.78, 5) is 13.8. The normalized spacial score (nSPS) is 18.6.